The van der Waals surface area contributed by atoms with Crippen LogP contribution in [-0.4, -0.2) is 31.8 Å². The number of hydrogen-bond acceptors (Lipinski definition) is 6. The van der Waals surface area contributed by atoms with Crippen molar-refractivity contribution in [2.45, 2.75) is 75.8 Å². The van der Waals surface area contributed by atoms with Crippen molar-refractivity contribution >= 4 is 32.7 Å². The molecule has 7 nitrogen and oxygen atoms in total. The zero-order valence-corrected chi connectivity index (χ0v) is 20.5. The summed E-state index contributed by atoms with van der Waals surface area (Å²) in [6, 6.07) is 0. The van der Waals surface area contributed by atoms with E-state index in [1.54, 1.807) is 41.5 Å². The molecule has 1 atom stereocenters. The van der Waals surface area contributed by atoms with Crippen LogP contribution in [0.1, 0.15) is 81.2 Å². The normalized spacial score (nSPS) is 14.7. The maximum absolute atomic E-state index is 13.3. The number of aromatic nitrogens is 3. The Morgan fingerprint density at radius 3 is 2.09 bits per heavy atom. The van der Waals surface area contributed by atoms with Gasteiger partial charge >= 0.3 is 6.18 Å². The Morgan fingerprint density at radius 2 is 1.72 bits per heavy atom. The fourth-order valence-electron chi connectivity index (χ4n) is 2.90. The molecule has 2 rings (SSSR count). The number of carbonyl (C=O) groups excluding carboxylic acids is 1. The number of thiazole rings is 1. The van der Waals surface area contributed by atoms with Crippen molar-refractivity contribution in [3.8, 4) is 0 Å². The van der Waals surface area contributed by atoms with Crippen LogP contribution in [0.3, 0.4) is 0 Å². The number of alkyl halides is 3. The minimum Gasteiger partial charge on any atom is -0.383 e. The monoisotopic (exact) mass is 491 g/mol. The zero-order chi connectivity index (χ0) is 24.6. The minimum absolute atomic E-state index is 0.156. The molecule has 0 saturated carbocycles. The second kappa shape index (κ2) is 9.16. The van der Waals surface area contributed by atoms with Crippen molar-refractivity contribution in [3.05, 3.63) is 34.0 Å². The molecule has 2 heterocycles. The van der Waals surface area contributed by atoms with Gasteiger partial charge in [0.05, 0.1) is 28.2 Å². The summed E-state index contributed by atoms with van der Waals surface area (Å²) in [5.74, 6) is 1.26. The van der Waals surface area contributed by atoms with Gasteiger partial charge in [-0.1, -0.05) is 27.7 Å². The first-order chi connectivity index (χ1) is 14.4. The average Bonchev–Trinajstić information content (AvgIpc) is 3.11. The summed E-state index contributed by atoms with van der Waals surface area (Å²) in [4.78, 5) is 24.4. The summed E-state index contributed by atoms with van der Waals surface area (Å²) >= 11 is 1.11. The lowest BCUT2D eigenvalue weighted by atomic mass is 9.94. The van der Waals surface area contributed by atoms with Crippen LogP contribution in [0.2, 0.25) is 0 Å². The van der Waals surface area contributed by atoms with Crippen LogP contribution in [0.25, 0.3) is 0 Å². The molecule has 2 aromatic rings. The van der Waals surface area contributed by atoms with Gasteiger partial charge in [-0.3, -0.25) is 9.93 Å². The summed E-state index contributed by atoms with van der Waals surface area (Å²) in [7, 11) is -2.67. The molecule has 0 radical (unpaired) electrons. The van der Waals surface area contributed by atoms with Crippen LogP contribution < -0.4 is 5.14 Å². The Balaban J connectivity index is 2.52. The number of hydrogen-bond donors (Lipinski definition) is 2. The third kappa shape index (κ3) is 6.12. The molecular weight excluding hydrogens is 463 g/mol. The highest BCUT2D eigenvalue weighted by molar-refractivity contribution is 8.02. The zero-order valence-electron chi connectivity index (χ0n) is 18.8. The maximum Gasteiger partial charge on any atom is 0.451 e. The molecular formula is C20H28F3N5O2S2. The van der Waals surface area contributed by atoms with E-state index in [0.29, 0.717) is 14.8 Å². The topological polar surface area (TPSA) is 114 Å². The largest absolute Gasteiger partial charge is 0.451 e. The van der Waals surface area contributed by atoms with Gasteiger partial charge in [0.15, 0.2) is 0 Å². The lowest BCUT2D eigenvalue weighted by Gasteiger charge is -2.19. The Morgan fingerprint density at radius 1 is 1.22 bits per heavy atom. The van der Waals surface area contributed by atoms with Crippen molar-refractivity contribution < 1.29 is 23.1 Å². The molecule has 12 heteroatoms. The quantitative estimate of drug-likeness (QED) is 0.586. The van der Waals surface area contributed by atoms with Gasteiger partial charge in [-0.05, 0) is 41.2 Å². The molecule has 178 valence electrons. The average molecular weight is 492 g/mol. The predicted octanol–water partition coefficient (Wildman–Crippen LogP) is 4.20. The van der Waals surface area contributed by atoms with Crippen LogP contribution in [-0.2, 0) is 32.6 Å². The fraction of sp³-hybridized carbons (Fsp3) is 0.550. The lowest BCUT2D eigenvalue weighted by Crippen LogP contribution is -2.21. The van der Waals surface area contributed by atoms with E-state index in [2.05, 4.69) is 25.2 Å². The summed E-state index contributed by atoms with van der Waals surface area (Å²) < 4.78 is 44.4. The Hall–Kier alpha value is -1.89. The van der Waals surface area contributed by atoms with E-state index in [9.17, 15) is 23.1 Å². The van der Waals surface area contributed by atoms with E-state index in [-0.39, 0.29) is 29.6 Å². The fourth-order valence-corrected chi connectivity index (χ4v) is 5.23. The highest BCUT2D eigenvalue weighted by Crippen LogP contribution is 2.33. The third-order valence-electron chi connectivity index (χ3n) is 4.37. The molecule has 0 saturated heterocycles. The molecule has 0 fully saturated rings. The maximum atomic E-state index is 13.3. The van der Waals surface area contributed by atoms with Gasteiger partial charge in [0, 0.05) is 5.56 Å². The first-order valence-corrected chi connectivity index (χ1v) is 12.4. The van der Waals surface area contributed by atoms with Gasteiger partial charge in [-0.15, -0.1) is 11.3 Å². The minimum atomic E-state index is -4.70. The molecule has 0 bridgehead atoms. The van der Waals surface area contributed by atoms with E-state index < -0.39 is 33.1 Å². The SMILES string of the molecule is C=S(N)(=NC(=O)Cc1c(C(C)C)nc(C(F)(F)F)nc1C(C)C)c1cnc(C(C)(C)O)s1. The summed E-state index contributed by atoms with van der Waals surface area (Å²) in [5.41, 5.74) is -0.543. The van der Waals surface area contributed by atoms with Crippen LogP contribution in [0.4, 0.5) is 13.2 Å². The smallest absolute Gasteiger partial charge is 0.383 e. The van der Waals surface area contributed by atoms with Gasteiger partial charge in [0.1, 0.15) is 10.6 Å². The van der Waals surface area contributed by atoms with Gasteiger partial charge in [-0.25, -0.2) is 15.0 Å². The number of carbonyl (C=O) groups is 1. The standard InChI is InChI=1S/C20H28F3N5O2S2/c1-10(2)15-12(16(11(3)4)27-17(26-15)20(21,22)23)8-13(29)28-32(7,24)14-9-25-18(31-14)19(5,6)30/h9-11,30H,7-8H2,1-6H3,(H2,24,28,29). The second-order valence-corrected chi connectivity index (χ2v) is 12.0. The van der Waals surface area contributed by atoms with Gasteiger partial charge < -0.3 is 5.11 Å². The van der Waals surface area contributed by atoms with Crippen LogP contribution in [0.5, 0.6) is 0 Å². The van der Waals surface area contributed by atoms with E-state index in [1.807, 2.05) is 0 Å². The highest BCUT2D eigenvalue weighted by atomic mass is 32.2. The van der Waals surface area contributed by atoms with Crippen molar-refractivity contribution in [3.63, 3.8) is 0 Å². The molecule has 1 unspecified atom stereocenters. The number of nitrogens with two attached hydrogens (primary N) is 1. The van der Waals surface area contributed by atoms with Gasteiger partial charge in [0.2, 0.25) is 5.82 Å². The van der Waals surface area contributed by atoms with Gasteiger partial charge in [0.25, 0.3) is 5.91 Å². The van der Waals surface area contributed by atoms with Crippen molar-refractivity contribution in [1.82, 2.24) is 15.0 Å². The molecule has 2 aromatic heterocycles. The first-order valence-electron chi connectivity index (χ1n) is 9.80. The lowest BCUT2D eigenvalue weighted by molar-refractivity contribution is -0.145. The second-order valence-electron chi connectivity index (χ2n) is 8.56. The molecule has 0 aliphatic rings. The molecule has 32 heavy (non-hydrogen) atoms. The molecule has 1 amide bonds. The molecule has 0 aliphatic heterocycles. The molecule has 3 N–H and O–H groups in total. The summed E-state index contributed by atoms with van der Waals surface area (Å²) in [6.07, 6.45) is -3.57. The Labute approximate surface area is 190 Å². The van der Waals surface area contributed by atoms with Crippen LogP contribution in [0.15, 0.2) is 14.8 Å². The van der Waals surface area contributed by atoms with E-state index in [4.69, 9.17) is 5.14 Å². The number of nitrogens with zero attached hydrogens (tertiary/aromatic N) is 4. The van der Waals surface area contributed by atoms with Crippen molar-refractivity contribution in [2.24, 2.45) is 9.50 Å². The first kappa shape index (κ1) is 26.4. The summed E-state index contributed by atoms with van der Waals surface area (Å²) in [5, 5.41) is 16.7. The molecule has 0 aliphatic carbocycles. The third-order valence-corrected chi connectivity index (χ3v) is 7.92. The molecule has 0 aromatic carbocycles. The molecule has 0 spiro atoms. The van der Waals surface area contributed by atoms with Crippen LogP contribution in [0, 0.1) is 0 Å². The van der Waals surface area contributed by atoms with Crippen LogP contribution >= 0.6 is 11.3 Å². The Kier molecular flexibility index (Phi) is 7.55. The van der Waals surface area contributed by atoms with Crippen molar-refractivity contribution in [2.75, 3.05) is 0 Å². The summed E-state index contributed by atoms with van der Waals surface area (Å²) in [6.45, 7) is 9.94. The van der Waals surface area contributed by atoms with E-state index >= 15 is 0 Å². The Bertz CT molecular complexity index is 1100. The van der Waals surface area contributed by atoms with E-state index in [1.165, 1.54) is 6.20 Å². The number of halogens is 3. The van der Waals surface area contributed by atoms with Gasteiger partial charge in [-0.2, -0.15) is 17.5 Å². The predicted molar refractivity (Wildman–Crippen MR) is 121 cm³/mol. The van der Waals surface area contributed by atoms with E-state index in [0.717, 1.165) is 11.3 Å². The number of aliphatic hydroxyl groups is 1. The number of rotatable bonds is 6. The highest BCUT2D eigenvalue weighted by Gasteiger charge is 2.37. The van der Waals surface area contributed by atoms with Crippen molar-refractivity contribution in [1.29, 1.82) is 0 Å². The number of amides is 1.